The SMILES string of the molecule is O=C(CS(=O)(=O)[O-])OC1C2CC3CC(C2)C(=O)OC1C3.O=C(CS(=O)(=O)[O-])OC1C2CC3CC(C2)C(=O)OC1C3.[Br-].[Na+].c1ccc([S+](c2ccccc2)c2cccc3ccccc23)cc1.c1ccc([S+](c2ccccc2)c2cccc3ccccc23)cc1. The van der Waals surface area contributed by atoms with Crippen LogP contribution in [0, 0.1) is 35.5 Å². The van der Waals surface area contributed by atoms with E-state index in [1.54, 1.807) is 0 Å². The van der Waals surface area contributed by atoms with E-state index in [9.17, 15) is 45.1 Å². The number of fused-ring (bicyclic) bond motifs is 4. The molecule has 16 rings (SSSR count). The first kappa shape index (κ1) is 66.6. The number of halogens is 1. The molecule has 0 N–H and O–H groups in total. The number of carbonyl (C=O) groups excluding carboxylic acids is 4. The number of ether oxygens (including phenoxy) is 4. The van der Waals surface area contributed by atoms with Gasteiger partial charge in [-0.2, -0.15) is 0 Å². The Kier molecular flexibility index (Phi) is 22.6. The van der Waals surface area contributed by atoms with Gasteiger partial charge < -0.3 is 45.0 Å². The van der Waals surface area contributed by atoms with Crippen LogP contribution in [-0.4, -0.2) is 85.7 Å². The quantitative estimate of drug-likeness (QED) is 0.0486. The van der Waals surface area contributed by atoms with Crippen LogP contribution < -0.4 is 46.5 Å². The molecule has 0 radical (unpaired) electrons. The van der Waals surface area contributed by atoms with Crippen LogP contribution in [0.3, 0.4) is 0 Å². The Hall–Kier alpha value is -5.84. The van der Waals surface area contributed by atoms with Gasteiger partial charge in [0.25, 0.3) is 0 Å². The first-order chi connectivity index (χ1) is 41.5. The number of rotatable bonds is 12. The molecule has 4 saturated heterocycles. The predicted molar refractivity (Wildman–Crippen MR) is 325 cm³/mol. The molecule has 4 saturated carbocycles. The molecule has 8 aliphatic rings. The van der Waals surface area contributed by atoms with E-state index in [-0.39, 0.29) is 104 Å². The third kappa shape index (κ3) is 16.6. The third-order valence-electron chi connectivity index (χ3n) is 16.7. The van der Waals surface area contributed by atoms with E-state index < -0.39 is 68.1 Å². The van der Waals surface area contributed by atoms with Gasteiger partial charge in [-0.1, -0.05) is 133 Å². The van der Waals surface area contributed by atoms with Gasteiger partial charge in [0.1, 0.15) is 56.2 Å². The second-order valence-corrected chi connectivity index (χ2v) is 29.4. The zero-order chi connectivity index (χ0) is 60.0. The summed E-state index contributed by atoms with van der Waals surface area (Å²) in [5, 5.41) is 5.28. The maximum atomic E-state index is 11.8. The Morgan fingerprint density at radius 1 is 0.420 bits per heavy atom. The zero-order valence-corrected chi connectivity index (χ0v) is 55.1. The standard InChI is InChI=1S/2C22H17S.2C12H16O7S.BrH.Na/c2*1-3-12-19(13-4-1)23(20-14-5-2-6-15-20)22-17-9-11-18-10-7-8-16-21(18)22;2*13-10(5-20(15,16)17)19-11-7-1-6-2-8(4-7)12(14)18-9(11)3-6;;/h2*1-17H;2*6-9,11H,1-5H2,(H,15,16,17);1H;/q2*+1;;;;+1/p-3. The van der Waals surface area contributed by atoms with E-state index in [1.807, 2.05) is 0 Å². The van der Waals surface area contributed by atoms with Crippen molar-refractivity contribution in [1.82, 2.24) is 0 Å². The van der Waals surface area contributed by atoms with Crippen LogP contribution >= 0.6 is 0 Å². The summed E-state index contributed by atoms with van der Waals surface area (Å²) in [7, 11) is -9.48. The molecule has 88 heavy (non-hydrogen) atoms. The van der Waals surface area contributed by atoms with Gasteiger partial charge in [-0.15, -0.1) is 0 Å². The van der Waals surface area contributed by atoms with Crippen molar-refractivity contribution in [2.24, 2.45) is 35.5 Å². The average Bonchev–Trinajstić information content (AvgIpc) is 2.63. The van der Waals surface area contributed by atoms with Crippen LogP contribution in [0.2, 0.25) is 0 Å². The average molecular weight is 1340 g/mol. The molecule has 0 spiro atoms. The molecule has 4 aliphatic carbocycles. The summed E-state index contributed by atoms with van der Waals surface area (Å²) in [5.41, 5.74) is 0. The summed E-state index contributed by atoms with van der Waals surface area (Å²) in [4.78, 5) is 54.8. The van der Waals surface area contributed by atoms with Crippen molar-refractivity contribution in [3.8, 4) is 0 Å². The smallest absolute Gasteiger partial charge is 1.00 e. The van der Waals surface area contributed by atoms with Gasteiger partial charge in [0, 0.05) is 22.6 Å². The van der Waals surface area contributed by atoms with E-state index in [0.29, 0.717) is 37.5 Å². The number of benzene rings is 8. The van der Waals surface area contributed by atoms with Gasteiger partial charge in [0.15, 0.2) is 29.4 Å². The molecule has 0 aromatic heterocycles. The summed E-state index contributed by atoms with van der Waals surface area (Å²) >= 11 is 0. The summed E-state index contributed by atoms with van der Waals surface area (Å²) in [6, 6.07) is 73.8. The molecule has 452 valence electrons. The van der Waals surface area contributed by atoms with E-state index in [1.165, 1.54) is 50.9 Å². The molecule has 8 aromatic carbocycles. The Bertz CT molecular complexity index is 3600. The van der Waals surface area contributed by atoms with Crippen molar-refractivity contribution in [2.45, 2.75) is 105 Å². The molecule has 8 bridgehead atoms. The maximum Gasteiger partial charge on any atom is 1.00 e. The molecule has 14 nitrogen and oxygen atoms in total. The topological polar surface area (TPSA) is 220 Å². The number of hydrogen-bond donors (Lipinski definition) is 0. The van der Waals surface area contributed by atoms with Crippen molar-refractivity contribution < 1.29 is 111 Å². The molecule has 4 aliphatic heterocycles. The molecule has 10 unspecified atom stereocenters. The van der Waals surface area contributed by atoms with Gasteiger partial charge in [0.2, 0.25) is 0 Å². The fourth-order valence-corrected chi connectivity index (χ4v) is 18.5. The van der Waals surface area contributed by atoms with Crippen molar-refractivity contribution in [2.75, 3.05) is 11.5 Å². The molecule has 8 aromatic rings. The molecule has 10 atom stereocenters. The minimum absolute atomic E-state index is 0. The van der Waals surface area contributed by atoms with E-state index in [0.717, 1.165) is 25.7 Å². The second-order valence-electron chi connectivity index (χ2n) is 22.6. The Labute approximate surface area is 551 Å². The molecule has 0 amide bonds. The summed E-state index contributed by atoms with van der Waals surface area (Å²) in [6.07, 6.45) is 3.60. The number of carbonyl (C=O) groups is 4. The van der Waals surface area contributed by atoms with Crippen LogP contribution in [0.1, 0.15) is 51.4 Å². The first-order valence-electron chi connectivity index (χ1n) is 28.8. The minimum atomic E-state index is -4.65. The maximum absolute atomic E-state index is 11.8. The molecule has 4 heterocycles. The van der Waals surface area contributed by atoms with Gasteiger partial charge in [-0.25, -0.2) is 16.8 Å². The van der Waals surface area contributed by atoms with Crippen molar-refractivity contribution in [1.29, 1.82) is 0 Å². The van der Waals surface area contributed by atoms with Crippen LogP contribution in [-0.2, 0) is 80.2 Å². The van der Waals surface area contributed by atoms with Crippen molar-refractivity contribution in [3.63, 3.8) is 0 Å². The predicted octanol–water partition coefficient (Wildman–Crippen LogP) is 5.49. The van der Waals surface area contributed by atoms with E-state index >= 15 is 0 Å². The summed E-state index contributed by atoms with van der Waals surface area (Å²) in [6.45, 7) is 0. The second kappa shape index (κ2) is 29.9. The molecular weight excluding hydrogens is 1270 g/mol. The third-order valence-corrected chi connectivity index (χ3v) is 22.4. The van der Waals surface area contributed by atoms with E-state index in [2.05, 4.69) is 206 Å². The van der Waals surface area contributed by atoms with Crippen LogP contribution in [0.15, 0.2) is 236 Å². The Morgan fingerprint density at radius 2 is 0.727 bits per heavy atom. The Morgan fingerprint density at radius 3 is 1.06 bits per heavy atom. The van der Waals surface area contributed by atoms with Gasteiger partial charge >= 0.3 is 53.4 Å². The largest absolute Gasteiger partial charge is 1.00 e. The van der Waals surface area contributed by atoms with Crippen molar-refractivity contribution in [3.05, 3.63) is 206 Å². The van der Waals surface area contributed by atoms with Gasteiger partial charge in [-0.3, -0.25) is 19.2 Å². The Balaban J connectivity index is 0.000000139. The van der Waals surface area contributed by atoms with Crippen LogP contribution in [0.4, 0.5) is 0 Å². The summed E-state index contributed by atoms with van der Waals surface area (Å²) < 4.78 is 84.3. The first-order valence-corrected chi connectivity index (χ1v) is 34.4. The number of esters is 4. The van der Waals surface area contributed by atoms with Crippen LogP contribution in [0.25, 0.3) is 21.5 Å². The normalized spacial score (nSPS) is 23.6. The molecular formula is C68H64BrNaO14S4. The van der Waals surface area contributed by atoms with Crippen molar-refractivity contribution >= 4 is 87.4 Å². The monoisotopic (exact) mass is 1330 g/mol. The fraction of sp³-hybridized carbons (Fsp3) is 0.294. The minimum Gasteiger partial charge on any atom is -1.00 e. The summed E-state index contributed by atoms with van der Waals surface area (Å²) in [5.74, 6) is -4.44. The molecule has 8 fully saturated rings. The van der Waals surface area contributed by atoms with Crippen LogP contribution in [0.5, 0.6) is 0 Å². The zero-order valence-electron chi connectivity index (χ0n) is 48.2. The number of hydrogen-bond acceptors (Lipinski definition) is 14. The van der Waals surface area contributed by atoms with E-state index in [4.69, 9.17) is 18.9 Å². The molecule has 20 heteroatoms. The van der Waals surface area contributed by atoms with Gasteiger partial charge in [-0.05, 0) is 147 Å². The van der Waals surface area contributed by atoms with Gasteiger partial charge in [0.05, 0.1) is 33.6 Å². The fourth-order valence-electron chi connectivity index (χ4n) is 13.3.